The smallest absolute Gasteiger partial charge is 0.273 e. The van der Waals surface area contributed by atoms with Crippen molar-refractivity contribution in [2.45, 2.75) is 70.1 Å². The van der Waals surface area contributed by atoms with Gasteiger partial charge in [-0.25, -0.2) is 0 Å². The molecule has 5 rings (SSSR count). The first kappa shape index (κ1) is 23.2. The minimum atomic E-state index is -1.11. The number of ether oxygens (including phenoxy) is 1. The van der Waals surface area contributed by atoms with Crippen LogP contribution in [0.2, 0.25) is 0 Å². The van der Waals surface area contributed by atoms with Gasteiger partial charge in [-0.1, -0.05) is 37.8 Å². The minimum absolute atomic E-state index is 0.133. The van der Waals surface area contributed by atoms with E-state index in [4.69, 9.17) is 9.15 Å². The average Bonchev–Trinajstić information content (AvgIpc) is 3.47. The van der Waals surface area contributed by atoms with Crippen LogP contribution in [0.4, 0.5) is 0 Å². The number of amides is 2. The predicted octanol–water partition coefficient (Wildman–Crippen LogP) is 4.41. The van der Waals surface area contributed by atoms with Crippen LogP contribution in [0, 0.1) is 0 Å². The summed E-state index contributed by atoms with van der Waals surface area (Å²) < 4.78 is 12.5. The Kier molecular flexibility index (Phi) is 6.36. The van der Waals surface area contributed by atoms with Crippen molar-refractivity contribution in [3.05, 3.63) is 60.0 Å². The summed E-state index contributed by atoms with van der Waals surface area (Å²) in [6.07, 6.45) is 8.16. The summed E-state index contributed by atoms with van der Waals surface area (Å²) in [6.45, 7) is 2.39. The van der Waals surface area contributed by atoms with E-state index in [1.54, 1.807) is 35.1 Å². The van der Waals surface area contributed by atoms with Gasteiger partial charge in [-0.3, -0.25) is 14.3 Å². The molecular formula is C27H32N4O4. The molecule has 2 amide bonds. The van der Waals surface area contributed by atoms with Crippen molar-refractivity contribution in [2.24, 2.45) is 0 Å². The summed E-state index contributed by atoms with van der Waals surface area (Å²) in [5.74, 6) is 0.926. The van der Waals surface area contributed by atoms with Gasteiger partial charge in [0, 0.05) is 18.7 Å². The second kappa shape index (κ2) is 9.60. The molecule has 1 saturated carbocycles. The summed E-state index contributed by atoms with van der Waals surface area (Å²) in [5.41, 5.74) is 0.809. The zero-order valence-corrected chi connectivity index (χ0v) is 20.3. The third-order valence-electron chi connectivity index (χ3n) is 7.23. The fraction of sp³-hybridized carbons (Fsp3) is 0.444. The van der Waals surface area contributed by atoms with Crippen molar-refractivity contribution in [1.29, 1.82) is 0 Å². The minimum Gasteiger partial charge on any atom is -0.497 e. The molecule has 3 aromatic rings. The van der Waals surface area contributed by atoms with Crippen LogP contribution >= 0.6 is 0 Å². The third-order valence-corrected chi connectivity index (χ3v) is 7.23. The van der Waals surface area contributed by atoms with E-state index in [0.29, 0.717) is 22.9 Å². The maximum absolute atomic E-state index is 13.8. The van der Waals surface area contributed by atoms with Crippen LogP contribution in [0.15, 0.2) is 53.1 Å². The van der Waals surface area contributed by atoms with E-state index in [1.807, 2.05) is 37.3 Å². The number of methoxy groups -OCH3 is 1. The first-order valence-corrected chi connectivity index (χ1v) is 12.4. The Balaban J connectivity index is 1.49. The van der Waals surface area contributed by atoms with Gasteiger partial charge in [0.2, 0.25) is 5.91 Å². The van der Waals surface area contributed by atoms with Crippen molar-refractivity contribution in [3.63, 3.8) is 0 Å². The molecule has 8 nitrogen and oxygen atoms in total. The molecule has 1 aliphatic heterocycles. The van der Waals surface area contributed by atoms with Gasteiger partial charge >= 0.3 is 0 Å². The molecule has 2 aliphatic rings. The van der Waals surface area contributed by atoms with E-state index in [9.17, 15) is 9.59 Å². The molecule has 1 fully saturated rings. The van der Waals surface area contributed by atoms with Gasteiger partial charge in [0.1, 0.15) is 22.7 Å². The molecule has 1 aliphatic carbocycles. The van der Waals surface area contributed by atoms with Crippen molar-refractivity contribution in [1.82, 2.24) is 20.0 Å². The van der Waals surface area contributed by atoms with Crippen LogP contribution < -0.4 is 10.1 Å². The molecule has 8 heteroatoms. The van der Waals surface area contributed by atoms with Crippen LogP contribution in [-0.2, 0) is 17.9 Å². The maximum atomic E-state index is 13.8. The highest BCUT2D eigenvalue weighted by Gasteiger charge is 2.48. The summed E-state index contributed by atoms with van der Waals surface area (Å²) >= 11 is 0. The Hall–Kier alpha value is -3.55. The number of furan rings is 1. The molecule has 1 atom stereocenters. The predicted molar refractivity (Wildman–Crippen MR) is 131 cm³/mol. The molecule has 2 aromatic heterocycles. The normalized spacial score (nSPS) is 20.9. The third kappa shape index (κ3) is 4.57. The number of nitrogens with zero attached hydrogens (tertiary/aromatic N) is 3. The molecule has 3 heterocycles. The summed E-state index contributed by atoms with van der Waals surface area (Å²) in [4.78, 5) is 29.4. The molecule has 0 spiro atoms. The van der Waals surface area contributed by atoms with E-state index >= 15 is 0 Å². The highest BCUT2D eigenvalue weighted by atomic mass is 16.5. The summed E-state index contributed by atoms with van der Waals surface area (Å²) in [5, 5.41) is 7.90. The van der Waals surface area contributed by atoms with Crippen molar-refractivity contribution < 1.29 is 18.7 Å². The SMILES string of the molecule is COc1cccc(CN2C(=O)c3cc(-c4ccco4)nn3CC2(C)C(=O)NC2CCCCCC2)c1. The Labute approximate surface area is 205 Å². The lowest BCUT2D eigenvalue weighted by atomic mass is 9.93. The standard InChI is InChI=1S/C27H32N4O4/c1-27(26(33)28-20-10-5-3-4-6-11-20)18-31-23(16-22(29-31)24-13-8-14-35-24)25(32)30(27)17-19-9-7-12-21(15-19)34-2/h7-9,12-16,20H,3-6,10-11,17-18H2,1-2H3,(H,28,33). The lowest BCUT2D eigenvalue weighted by Crippen LogP contribution is -2.64. The van der Waals surface area contributed by atoms with E-state index in [2.05, 4.69) is 10.4 Å². The molecule has 0 saturated heterocycles. The number of carbonyl (C=O) groups excluding carboxylic acids is 2. The van der Waals surface area contributed by atoms with Gasteiger partial charge in [-0.15, -0.1) is 0 Å². The first-order valence-electron chi connectivity index (χ1n) is 12.4. The van der Waals surface area contributed by atoms with Gasteiger partial charge in [-0.2, -0.15) is 5.10 Å². The zero-order chi connectivity index (χ0) is 24.4. The number of aromatic nitrogens is 2. The number of carbonyl (C=O) groups is 2. The molecule has 184 valence electrons. The number of hydrogen-bond donors (Lipinski definition) is 1. The van der Waals surface area contributed by atoms with E-state index in [0.717, 1.165) is 31.2 Å². The quantitative estimate of drug-likeness (QED) is 0.533. The van der Waals surface area contributed by atoms with Crippen molar-refractivity contribution >= 4 is 11.8 Å². The fourth-order valence-electron chi connectivity index (χ4n) is 5.15. The number of benzene rings is 1. The van der Waals surface area contributed by atoms with Crippen LogP contribution in [0.1, 0.15) is 61.5 Å². The van der Waals surface area contributed by atoms with Crippen molar-refractivity contribution in [3.8, 4) is 17.2 Å². The highest BCUT2D eigenvalue weighted by Crippen LogP contribution is 2.32. The monoisotopic (exact) mass is 476 g/mol. The molecule has 1 aromatic carbocycles. The second-order valence-electron chi connectivity index (χ2n) is 9.73. The van der Waals surface area contributed by atoms with Crippen LogP contribution in [0.25, 0.3) is 11.5 Å². The first-order chi connectivity index (χ1) is 17.0. The van der Waals surface area contributed by atoms with Gasteiger partial charge in [0.05, 0.1) is 19.9 Å². The highest BCUT2D eigenvalue weighted by molar-refractivity contribution is 6.00. The van der Waals surface area contributed by atoms with Gasteiger partial charge in [0.15, 0.2) is 5.76 Å². The zero-order valence-electron chi connectivity index (χ0n) is 20.3. The van der Waals surface area contributed by atoms with Gasteiger partial charge in [-0.05, 0) is 49.6 Å². The van der Waals surface area contributed by atoms with E-state index in [1.165, 1.54) is 12.8 Å². The van der Waals surface area contributed by atoms with E-state index < -0.39 is 5.54 Å². The van der Waals surface area contributed by atoms with Gasteiger partial charge < -0.3 is 19.4 Å². The summed E-state index contributed by atoms with van der Waals surface area (Å²) in [6, 6.07) is 13.1. The Morgan fingerprint density at radius 2 is 1.97 bits per heavy atom. The molecule has 0 radical (unpaired) electrons. The summed E-state index contributed by atoms with van der Waals surface area (Å²) in [7, 11) is 1.62. The van der Waals surface area contributed by atoms with E-state index in [-0.39, 0.29) is 30.9 Å². The lowest BCUT2D eigenvalue weighted by molar-refractivity contribution is -0.134. The van der Waals surface area contributed by atoms with Crippen LogP contribution in [0.5, 0.6) is 5.75 Å². The fourth-order valence-corrected chi connectivity index (χ4v) is 5.15. The molecule has 35 heavy (non-hydrogen) atoms. The molecule has 1 unspecified atom stereocenters. The number of rotatable bonds is 6. The second-order valence-corrected chi connectivity index (χ2v) is 9.73. The molecular weight excluding hydrogens is 444 g/mol. The van der Waals surface area contributed by atoms with Gasteiger partial charge in [0.25, 0.3) is 5.91 Å². The average molecular weight is 477 g/mol. The number of fused-ring (bicyclic) bond motifs is 1. The largest absolute Gasteiger partial charge is 0.497 e. The van der Waals surface area contributed by atoms with Crippen LogP contribution in [0.3, 0.4) is 0 Å². The molecule has 0 bridgehead atoms. The van der Waals surface area contributed by atoms with Crippen LogP contribution in [-0.4, -0.2) is 45.2 Å². The molecule has 1 N–H and O–H groups in total. The Morgan fingerprint density at radius 1 is 1.17 bits per heavy atom. The Morgan fingerprint density at radius 3 is 2.69 bits per heavy atom. The Bertz CT molecular complexity index is 1190. The maximum Gasteiger partial charge on any atom is 0.273 e. The number of nitrogens with one attached hydrogen (secondary N) is 1. The van der Waals surface area contributed by atoms with Crippen molar-refractivity contribution in [2.75, 3.05) is 7.11 Å². The number of hydrogen-bond acceptors (Lipinski definition) is 5. The topological polar surface area (TPSA) is 89.6 Å². The lowest BCUT2D eigenvalue weighted by Gasteiger charge is -2.44.